The number of hydrogen-bond acceptors (Lipinski definition) is 5. The van der Waals surface area contributed by atoms with Crippen molar-refractivity contribution in [1.82, 2.24) is 14.7 Å². The highest BCUT2D eigenvalue weighted by Crippen LogP contribution is 2.30. The number of halogens is 1. The molecule has 2 N–H and O–H groups in total. The zero-order valence-electron chi connectivity index (χ0n) is 16.7. The van der Waals surface area contributed by atoms with Crippen molar-refractivity contribution in [2.24, 2.45) is 0 Å². The Morgan fingerprint density at radius 1 is 1.32 bits per heavy atom. The van der Waals surface area contributed by atoms with Gasteiger partial charge in [-0.1, -0.05) is 18.2 Å². The second-order valence-electron chi connectivity index (χ2n) is 8.15. The summed E-state index contributed by atoms with van der Waals surface area (Å²) < 4.78 is 27.7. The Morgan fingerprint density at radius 3 is 2.64 bits per heavy atom. The largest absolute Gasteiger partial charge is 0.473 e. The van der Waals surface area contributed by atoms with E-state index in [-0.39, 0.29) is 32.0 Å². The van der Waals surface area contributed by atoms with Crippen LogP contribution in [0.4, 0.5) is 15.0 Å². The third-order valence-corrected chi connectivity index (χ3v) is 4.55. The van der Waals surface area contributed by atoms with Crippen molar-refractivity contribution in [3.63, 3.8) is 0 Å². The molecular weight excluding hydrogens is 363 g/mol. The maximum Gasteiger partial charge on any atom is 0.410 e. The molecule has 1 atom stereocenters. The number of carbonyl (C=O) groups excluding carboxylic acids is 1. The summed E-state index contributed by atoms with van der Waals surface area (Å²) in [4.78, 5) is 13.5. The fourth-order valence-corrected chi connectivity index (χ4v) is 3.02. The van der Waals surface area contributed by atoms with Crippen LogP contribution in [0.5, 0.6) is 5.88 Å². The quantitative estimate of drug-likeness (QED) is 0.864. The van der Waals surface area contributed by atoms with Crippen molar-refractivity contribution in [3.8, 4) is 11.6 Å². The average Bonchev–Trinajstić information content (AvgIpc) is 3.15. The lowest BCUT2D eigenvalue weighted by molar-refractivity contribution is 0.0228. The maximum atomic E-state index is 15.2. The van der Waals surface area contributed by atoms with Gasteiger partial charge in [-0.15, -0.1) is 5.10 Å². The predicted molar refractivity (Wildman–Crippen MR) is 104 cm³/mol. The number of aromatic nitrogens is 2. The highest BCUT2D eigenvalue weighted by molar-refractivity contribution is 5.68. The van der Waals surface area contributed by atoms with Gasteiger partial charge < -0.3 is 20.1 Å². The van der Waals surface area contributed by atoms with Crippen molar-refractivity contribution in [3.05, 3.63) is 35.9 Å². The lowest BCUT2D eigenvalue weighted by Gasteiger charge is -2.25. The number of nitrogens with two attached hydrogens (primary N) is 1. The van der Waals surface area contributed by atoms with Crippen molar-refractivity contribution in [2.75, 3.05) is 25.4 Å². The second kappa shape index (κ2) is 7.33. The van der Waals surface area contributed by atoms with E-state index in [1.54, 1.807) is 32.4 Å². The number of rotatable bonds is 4. The Balaban J connectivity index is 1.65. The average molecular weight is 390 g/mol. The summed E-state index contributed by atoms with van der Waals surface area (Å²) in [7, 11) is 0. The number of para-hydroxylation sites is 1. The van der Waals surface area contributed by atoms with E-state index in [2.05, 4.69) is 5.10 Å². The van der Waals surface area contributed by atoms with Crippen LogP contribution in [-0.2, 0) is 4.74 Å². The minimum Gasteiger partial charge on any atom is -0.473 e. The minimum absolute atomic E-state index is 0.0736. The van der Waals surface area contributed by atoms with Crippen LogP contribution in [0.15, 0.2) is 30.3 Å². The van der Waals surface area contributed by atoms with Gasteiger partial charge in [0.2, 0.25) is 5.88 Å². The summed E-state index contributed by atoms with van der Waals surface area (Å²) in [6.45, 7) is 7.13. The molecule has 0 aliphatic carbocycles. The van der Waals surface area contributed by atoms with Crippen LogP contribution in [-0.4, -0.2) is 51.7 Å². The Hall–Kier alpha value is -2.77. The first-order chi connectivity index (χ1) is 13.1. The number of anilines is 1. The molecular formula is C20H27FN4O3. The fraction of sp³-hybridized carbons (Fsp3) is 0.500. The van der Waals surface area contributed by atoms with Gasteiger partial charge in [-0.05, 0) is 39.8 Å². The molecule has 0 bridgehead atoms. The Labute approximate surface area is 164 Å². The predicted octanol–water partition coefficient (Wildman–Crippen LogP) is 3.49. The number of alkyl halides is 1. The molecule has 8 heteroatoms. The van der Waals surface area contributed by atoms with Crippen LogP contribution in [0.25, 0.3) is 5.69 Å². The lowest BCUT2D eigenvalue weighted by Crippen LogP contribution is -2.39. The van der Waals surface area contributed by atoms with Gasteiger partial charge in [0, 0.05) is 13.0 Å². The topological polar surface area (TPSA) is 82.6 Å². The summed E-state index contributed by atoms with van der Waals surface area (Å²) in [6.07, 6.45) is -0.332. The van der Waals surface area contributed by atoms with E-state index < -0.39 is 17.4 Å². The molecule has 0 radical (unpaired) electrons. The van der Waals surface area contributed by atoms with E-state index in [0.29, 0.717) is 11.4 Å². The number of benzene rings is 1. The van der Waals surface area contributed by atoms with Gasteiger partial charge >= 0.3 is 6.09 Å². The molecule has 1 unspecified atom stereocenters. The Bertz CT molecular complexity index is 847. The molecule has 28 heavy (non-hydrogen) atoms. The molecule has 1 aromatic heterocycles. The first kappa shape index (κ1) is 20.0. The molecule has 1 aliphatic rings. The maximum absolute atomic E-state index is 15.2. The van der Waals surface area contributed by atoms with Gasteiger partial charge in [0.25, 0.3) is 0 Å². The molecule has 152 valence electrons. The number of ether oxygens (including phenoxy) is 2. The van der Waals surface area contributed by atoms with E-state index in [1.807, 2.05) is 30.3 Å². The van der Waals surface area contributed by atoms with Crippen molar-refractivity contribution in [2.45, 2.75) is 45.4 Å². The SMILES string of the molecule is Cc1c(OCC2(F)CCN(C(=O)OC(C)(C)C)C2)nn(-c2ccccc2)c1N. The fourth-order valence-electron chi connectivity index (χ4n) is 3.02. The number of carbonyl (C=O) groups is 1. The molecule has 1 saturated heterocycles. The molecule has 7 nitrogen and oxygen atoms in total. The van der Waals surface area contributed by atoms with Crippen LogP contribution >= 0.6 is 0 Å². The molecule has 1 aliphatic heterocycles. The van der Waals surface area contributed by atoms with Crippen molar-refractivity contribution >= 4 is 11.9 Å². The standard InChI is InChI=1S/C20H27FN4O3/c1-14-16(22)25(15-8-6-5-7-9-15)23-17(14)27-13-20(21)10-11-24(12-20)18(26)28-19(2,3)4/h5-9H,10-13,22H2,1-4H3. The first-order valence-electron chi connectivity index (χ1n) is 9.28. The summed E-state index contributed by atoms with van der Waals surface area (Å²) in [5.41, 5.74) is 5.30. The summed E-state index contributed by atoms with van der Waals surface area (Å²) >= 11 is 0. The van der Waals surface area contributed by atoms with Gasteiger partial charge in [0.15, 0.2) is 5.67 Å². The molecule has 2 heterocycles. The number of hydrogen-bond donors (Lipinski definition) is 1. The minimum atomic E-state index is -1.66. The Kier molecular flexibility index (Phi) is 5.23. The lowest BCUT2D eigenvalue weighted by atomic mass is 10.1. The summed E-state index contributed by atoms with van der Waals surface area (Å²) in [6, 6.07) is 9.41. The third kappa shape index (κ3) is 4.37. The zero-order valence-corrected chi connectivity index (χ0v) is 16.7. The highest BCUT2D eigenvalue weighted by atomic mass is 19.1. The van der Waals surface area contributed by atoms with Gasteiger partial charge in [0.05, 0.1) is 17.8 Å². The van der Waals surface area contributed by atoms with E-state index in [9.17, 15) is 4.79 Å². The van der Waals surface area contributed by atoms with Crippen LogP contribution in [0.2, 0.25) is 0 Å². The van der Waals surface area contributed by atoms with Gasteiger partial charge in [-0.2, -0.15) is 0 Å². The van der Waals surface area contributed by atoms with E-state index >= 15 is 4.39 Å². The van der Waals surface area contributed by atoms with Gasteiger partial charge in [-0.3, -0.25) is 0 Å². The number of amides is 1. The van der Waals surface area contributed by atoms with E-state index in [0.717, 1.165) is 5.69 Å². The van der Waals surface area contributed by atoms with E-state index in [1.165, 1.54) is 4.90 Å². The van der Waals surface area contributed by atoms with Gasteiger partial charge in [-0.25, -0.2) is 13.9 Å². The second-order valence-corrected chi connectivity index (χ2v) is 8.15. The molecule has 1 amide bonds. The summed E-state index contributed by atoms with van der Waals surface area (Å²) in [5, 5.41) is 4.37. The van der Waals surface area contributed by atoms with Gasteiger partial charge in [0.1, 0.15) is 18.0 Å². The molecule has 1 fully saturated rings. The number of nitrogens with zero attached hydrogens (tertiary/aromatic N) is 3. The molecule has 0 spiro atoms. The summed E-state index contributed by atoms with van der Waals surface area (Å²) in [5.74, 6) is 0.727. The normalized spacial score (nSPS) is 19.7. The number of nitrogen functional groups attached to an aromatic ring is 1. The molecule has 1 aromatic carbocycles. The van der Waals surface area contributed by atoms with Crippen molar-refractivity contribution in [1.29, 1.82) is 0 Å². The van der Waals surface area contributed by atoms with Crippen LogP contribution in [0.3, 0.4) is 0 Å². The van der Waals surface area contributed by atoms with E-state index in [4.69, 9.17) is 15.2 Å². The van der Waals surface area contributed by atoms with Crippen LogP contribution in [0.1, 0.15) is 32.8 Å². The van der Waals surface area contributed by atoms with Crippen LogP contribution in [0, 0.1) is 6.92 Å². The highest BCUT2D eigenvalue weighted by Gasteiger charge is 2.42. The molecule has 3 rings (SSSR count). The van der Waals surface area contributed by atoms with Crippen molar-refractivity contribution < 1.29 is 18.7 Å². The number of likely N-dealkylation sites (tertiary alicyclic amines) is 1. The zero-order chi connectivity index (χ0) is 20.5. The monoisotopic (exact) mass is 390 g/mol. The molecule has 0 saturated carbocycles. The van der Waals surface area contributed by atoms with Crippen LogP contribution < -0.4 is 10.5 Å². The smallest absolute Gasteiger partial charge is 0.410 e. The third-order valence-electron chi connectivity index (χ3n) is 4.55. The molecule has 2 aromatic rings. The Morgan fingerprint density at radius 2 is 2.00 bits per heavy atom. The first-order valence-corrected chi connectivity index (χ1v) is 9.28.